The molecule has 1 nitrogen and oxygen atoms in total. The van der Waals surface area contributed by atoms with Crippen LogP contribution in [0.4, 0.5) is 0 Å². The third kappa shape index (κ3) is 3.38. The third-order valence-corrected chi connectivity index (χ3v) is 6.55. The smallest absolute Gasteiger partial charge is 0.162 e. The normalized spacial score (nSPS) is 11.1. The highest BCUT2D eigenvalue weighted by atomic mass is 35.5. The van der Waals surface area contributed by atoms with Crippen LogP contribution in [0.5, 0.6) is 0 Å². The maximum atomic E-state index is 5.97. The van der Waals surface area contributed by atoms with Crippen molar-refractivity contribution in [2.24, 2.45) is 0 Å². The fourth-order valence-corrected chi connectivity index (χ4v) is 5.10. The minimum absolute atomic E-state index is 0.748. The Kier molecular flexibility index (Phi) is 4.24. The average molecular weight is 344 g/mol. The van der Waals surface area contributed by atoms with Gasteiger partial charge in [0.05, 0.1) is 10.2 Å². The molecule has 96 valence electrons. The quantitative estimate of drug-likeness (QED) is 0.510. The number of thiazole rings is 1. The molecule has 2 aromatic carbocycles. The number of nitrogens with zero attached hydrogens (tertiary/aromatic N) is 1. The van der Waals surface area contributed by atoms with E-state index in [2.05, 4.69) is 4.98 Å². The van der Waals surface area contributed by atoms with Crippen LogP contribution in [0.25, 0.3) is 10.2 Å². The fourth-order valence-electron chi connectivity index (χ4n) is 1.49. The zero-order valence-electron chi connectivity index (χ0n) is 9.47. The van der Waals surface area contributed by atoms with E-state index in [1.807, 2.05) is 42.5 Å². The molecule has 0 aliphatic heterocycles. The maximum Gasteiger partial charge on any atom is 0.162 e. The van der Waals surface area contributed by atoms with E-state index in [1.54, 1.807) is 32.9 Å². The Bertz CT molecular complexity index is 709. The first-order chi connectivity index (χ1) is 9.20. The largest absolute Gasteiger partial charge is 0.229 e. The van der Waals surface area contributed by atoms with Gasteiger partial charge in [0, 0.05) is 14.9 Å². The first kappa shape index (κ1) is 13.6. The third-order valence-electron chi connectivity index (χ3n) is 2.35. The average Bonchev–Trinajstić information content (AvgIpc) is 2.80. The second kappa shape index (κ2) is 5.94. The lowest BCUT2D eigenvalue weighted by atomic mass is 10.3. The van der Waals surface area contributed by atoms with Crippen LogP contribution in [0, 0.1) is 0 Å². The van der Waals surface area contributed by atoms with Crippen LogP contribution in [0.15, 0.2) is 51.7 Å². The van der Waals surface area contributed by atoms with Crippen LogP contribution >= 0.6 is 56.1 Å². The molecule has 6 heteroatoms. The van der Waals surface area contributed by atoms with E-state index in [0.29, 0.717) is 0 Å². The summed E-state index contributed by atoms with van der Waals surface area (Å²) in [6.07, 6.45) is 0. The molecule has 0 fully saturated rings. The lowest BCUT2D eigenvalue weighted by molar-refractivity contribution is 1.31. The van der Waals surface area contributed by atoms with Crippen LogP contribution < -0.4 is 0 Å². The van der Waals surface area contributed by atoms with Crippen molar-refractivity contribution in [3.63, 3.8) is 0 Å². The van der Waals surface area contributed by atoms with Gasteiger partial charge in [0.1, 0.15) is 0 Å². The molecule has 0 aliphatic rings. The second-order valence-electron chi connectivity index (χ2n) is 3.71. The molecule has 19 heavy (non-hydrogen) atoms. The number of halogens is 2. The lowest BCUT2D eigenvalue weighted by Crippen LogP contribution is -1.69. The molecule has 3 aromatic rings. The summed E-state index contributed by atoms with van der Waals surface area (Å²) in [5.41, 5.74) is 0.994. The van der Waals surface area contributed by atoms with Crippen LogP contribution in [0.1, 0.15) is 0 Å². The highest BCUT2D eigenvalue weighted by Crippen LogP contribution is 2.41. The van der Waals surface area contributed by atoms with Crippen molar-refractivity contribution >= 4 is 66.3 Å². The summed E-state index contributed by atoms with van der Waals surface area (Å²) in [5.74, 6) is 0. The zero-order valence-corrected chi connectivity index (χ0v) is 13.4. The topological polar surface area (TPSA) is 12.9 Å². The molecule has 0 radical (unpaired) electrons. The van der Waals surface area contributed by atoms with Crippen molar-refractivity contribution in [1.29, 1.82) is 0 Å². The molecule has 0 unspecified atom stereocenters. The van der Waals surface area contributed by atoms with Gasteiger partial charge < -0.3 is 0 Å². The summed E-state index contributed by atoms with van der Waals surface area (Å²) < 4.78 is 2.14. The zero-order chi connectivity index (χ0) is 13.2. The minimum Gasteiger partial charge on any atom is -0.229 e. The van der Waals surface area contributed by atoms with Crippen molar-refractivity contribution < 1.29 is 0 Å². The highest BCUT2D eigenvalue weighted by molar-refractivity contribution is 8.77. The van der Waals surface area contributed by atoms with Gasteiger partial charge >= 0.3 is 0 Å². The van der Waals surface area contributed by atoms with Gasteiger partial charge in [0.2, 0.25) is 0 Å². The van der Waals surface area contributed by atoms with Crippen molar-refractivity contribution in [2.75, 3.05) is 0 Å². The Balaban J connectivity index is 1.76. The number of aromatic nitrogens is 1. The van der Waals surface area contributed by atoms with Crippen LogP contribution in [0.2, 0.25) is 10.0 Å². The predicted molar refractivity (Wildman–Crippen MR) is 87.8 cm³/mol. The Morgan fingerprint density at radius 3 is 2.42 bits per heavy atom. The first-order valence-corrected chi connectivity index (χ1v) is 9.09. The number of hydrogen-bond acceptors (Lipinski definition) is 4. The Hall–Kier alpha value is -0.390. The van der Waals surface area contributed by atoms with E-state index in [1.165, 1.54) is 0 Å². The number of fused-ring (bicyclic) bond motifs is 1. The van der Waals surface area contributed by atoms with Gasteiger partial charge in [-0.25, -0.2) is 4.98 Å². The van der Waals surface area contributed by atoms with Crippen molar-refractivity contribution in [1.82, 2.24) is 4.98 Å². The van der Waals surface area contributed by atoms with Gasteiger partial charge in [-0.3, -0.25) is 0 Å². The molecule has 0 aliphatic carbocycles. The Morgan fingerprint density at radius 1 is 0.895 bits per heavy atom. The molecule has 0 spiro atoms. The molecular formula is C13H7Cl2NS3. The summed E-state index contributed by atoms with van der Waals surface area (Å²) in [6.45, 7) is 0. The number of rotatable bonds is 3. The number of hydrogen-bond donors (Lipinski definition) is 0. The Labute approximate surface area is 132 Å². The monoisotopic (exact) mass is 343 g/mol. The first-order valence-electron chi connectivity index (χ1n) is 5.37. The van der Waals surface area contributed by atoms with Gasteiger partial charge in [-0.15, -0.1) is 11.3 Å². The molecule has 0 N–H and O–H groups in total. The predicted octanol–water partition coefficient (Wildman–Crippen LogP) is 6.40. The summed E-state index contributed by atoms with van der Waals surface area (Å²) >= 11 is 13.5. The molecular weight excluding hydrogens is 337 g/mol. The van der Waals surface area contributed by atoms with Gasteiger partial charge in [-0.2, -0.15) is 0 Å². The molecule has 0 saturated carbocycles. The Morgan fingerprint density at radius 2 is 1.63 bits per heavy atom. The summed E-state index contributed by atoms with van der Waals surface area (Å²) in [7, 11) is 3.32. The summed E-state index contributed by atoms with van der Waals surface area (Å²) in [5, 5.41) is 1.50. The SMILES string of the molecule is Clc1ccc(SSc2nc3ccc(Cl)cc3s2)cc1. The van der Waals surface area contributed by atoms with Crippen molar-refractivity contribution in [3.8, 4) is 0 Å². The van der Waals surface area contributed by atoms with Gasteiger partial charge in [0.15, 0.2) is 4.34 Å². The maximum absolute atomic E-state index is 5.97. The molecule has 0 atom stereocenters. The molecule has 3 rings (SSSR count). The summed E-state index contributed by atoms with van der Waals surface area (Å²) in [4.78, 5) is 5.72. The lowest BCUT2D eigenvalue weighted by Gasteiger charge is -1.97. The second-order valence-corrected chi connectivity index (χ2v) is 8.07. The van der Waals surface area contributed by atoms with E-state index < -0.39 is 0 Å². The standard InChI is InChI=1S/C13H7Cl2NS3/c14-8-1-4-10(5-2-8)18-19-13-16-11-6-3-9(15)7-12(11)17-13/h1-7H. The van der Waals surface area contributed by atoms with E-state index in [-0.39, 0.29) is 0 Å². The molecule has 1 heterocycles. The van der Waals surface area contributed by atoms with E-state index in [0.717, 1.165) is 29.5 Å². The van der Waals surface area contributed by atoms with E-state index in [4.69, 9.17) is 23.2 Å². The van der Waals surface area contributed by atoms with Crippen LogP contribution in [-0.2, 0) is 0 Å². The van der Waals surface area contributed by atoms with Gasteiger partial charge in [0.25, 0.3) is 0 Å². The van der Waals surface area contributed by atoms with Gasteiger partial charge in [-0.05, 0) is 53.3 Å². The van der Waals surface area contributed by atoms with Crippen LogP contribution in [0.3, 0.4) is 0 Å². The molecule has 0 amide bonds. The number of benzene rings is 2. The van der Waals surface area contributed by atoms with Gasteiger partial charge in [-0.1, -0.05) is 34.0 Å². The molecule has 1 aromatic heterocycles. The summed E-state index contributed by atoms with van der Waals surface area (Å²) in [6, 6.07) is 13.6. The van der Waals surface area contributed by atoms with E-state index in [9.17, 15) is 0 Å². The van der Waals surface area contributed by atoms with Crippen molar-refractivity contribution in [2.45, 2.75) is 9.24 Å². The fraction of sp³-hybridized carbons (Fsp3) is 0. The van der Waals surface area contributed by atoms with Crippen LogP contribution in [-0.4, -0.2) is 4.98 Å². The minimum atomic E-state index is 0.748. The van der Waals surface area contributed by atoms with E-state index >= 15 is 0 Å². The highest BCUT2D eigenvalue weighted by Gasteiger charge is 2.06. The van der Waals surface area contributed by atoms with Crippen molar-refractivity contribution in [3.05, 3.63) is 52.5 Å². The molecule has 0 bridgehead atoms. The molecule has 0 saturated heterocycles.